The Balaban J connectivity index is 3.00. The van der Waals surface area contributed by atoms with Crippen LogP contribution in [0.2, 0.25) is 0 Å². The van der Waals surface area contributed by atoms with Crippen LogP contribution in [0.15, 0.2) is 30.8 Å². The predicted octanol–water partition coefficient (Wildman–Crippen LogP) is 2.33. The maximum absolute atomic E-state index is 6.92. The van der Waals surface area contributed by atoms with Gasteiger partial charge in [0.2, 0.25) is 0 Å². The fourth-order valence-corrected chi connectivity index (χ4v) is 0.728. The van der Waals surface area contributed by atoms with Gasteiger partial charge in [-0.3, -0.25) is 0 Å². The Labute approximate surface area is 60.5 Å². The lowest BCUT2D eigenvalue weighted by atomic mass is 10.1. The van der Waals surface area contributed by atoms with E-state index in [1.165, 1.54) is 6.21 Å². The maximum Gasteiger partial charge on any atom is 0.0250 e. The number of hydrogen-bond donors (Lipinski definition) is 1. The van der Waals surface area contributed by atoms with E-state index < -0.39 is 0 Å². The minimum absolute atomic E-state index is 0.922. The summed E-state index contributed by atoms with van der Waals surface area (Å²) in [7, 11) is 0. The van der Waals surface area contributed by atoms with Gasteiger partial charge in [0, 0.05) is 6.21 Å². The van der Waals surface area contributed by atoms with Gasteiger partial charge in [-0.1, -0.05) is 36.9 Å². The molecule has 0 fully saturated rings. The van der Waals surface area contributed by atoms with Crippen LogP contribution in [0.1, 0.15) is 11.1 Å². The summed E-state index contributed by atoms with van der Waals surface area (Å²) >= 11 is 0. The van der Waals surface area contributed by atoms with Crippen LogP contribution in [0.4, 0.5) is 0 Å². The molecule has 0 saturated heterocycles. The highest BCUT2D eigenvalue weighted by Gasteiger charge is 1.85. The number of benzene rings is 1. The van der Waals surface area contributed by atoms with E-state index in [0.717, 1.165) is 11.1 Å². The van der Waals surface area contributed by atoms with Crippen molar-refractivity contribution in [2.24, 2.45) is 0 Å². The first-order valence-electron chi connectivity index (χ1n) is 3.10. The Hall–Kier alpha value is -1.37. The van der Waals surface area contributed by atoms with Crippen LogP contribution < -0.4 is 0 Å². The summed E-state index contributed by atoms with van der Waals surface area (Å²) < 4.78 is 0. The summed E-state index contributed by atoms with van der Waals surface area (Å²) in [5, 5.41) is 6.92. The summed E-state index contributed by atoms with van der Waals surface area (Å²) in [6, 6.07) is 7.66. The van der Waals surface area contributed by atoms with E-state index in [9.17, 15) is 0 Å². The quantitative estimate of drug-likeness (QED) is 0.595. The predicted molar refractivity (Wildman–Crippen MR) is 44.4 cm³/mol. The fraction of sp³-hybridized carbons (Fsp3) is 0. The van der Waals surface area contributed by atoms with Crippen molar-refractivity contribution in [3.05, 3.63) is 42.0 Å². The van der Waals surface area contributed by atoms with Crippen LogP contribution in [0.3, 0.4) is 0 Å². The molecule has 0 atom stereocenters. The van der Waals surface area contributed by atoms with Gasteiger partial charge in [-0.25, -0.2) is 0 Å². The van der Waals surface area contributed by atoms with Crippen molar-refractivity contribution in [2.45, 2.75) is 0 Å². The second-order valence-corrected chi connectivity index (χ2v) is 2.02. The molecule has 1 nitrogen and oxygen atoms in total. The summed E-state index contributed by atoms with van der Waals surface area (Å²) in [6.45, 7) is 3.63. The van der Waals surface area contributed by atoms with Crippen LogP contribution in [-0.2, 0) is 0 Å². The van der Waals surface area contributed by atoms with Crippen molar-refractivity contribution in [3.8, 4) is 0 Å². The van der Waals surface area contributed by atoms with Gasteiger partial charge in [0.1, 0.15) is 0 Å². The van der Waals surface area contributed by atoms with Gasteiger partial charge in [-0.2, -0.15) is 0 Å². The smallest absolute Gasteiger partial charge is 0.0250 e. The van der Waals surface area contributed by atoms with Crippen molar-refractivity contribution >= 4 is 12.3 Å². The molecule has 1 aromatic carbocycles. The van der Waals surface area contributed by atoms with E-state index in [-0.39, 0.29) is 0 Å². The molecule has 0 spiro atoms. The average molecular weight is 131 g/mol. The van der Waals surface area contributed by atoms with Crippen LogP contribution >= 0.6 is 0 Å². The summed E-state index contributed by atoms with van der Waals surface area (Å²) in [5.74, 6) is 0. The monoisotopic (exact) mass is 131 g/mol. The molecular formula is C9H9N. The molecule has 50 valence electrons. The van der Waals surface area contributed by atoms with Gasteiger partial charge in [0.15, 0.2) is 0 Å². The van der Waals surface area contributed by atoms with Crippen LogP contribution in [-0.4, -0.2) is 6.21 Å². The summed E-state index contributed by atoms with van der Waals surface area (Å²) in [5.41, 5.74) is 2.01. The molecule has 0 heterocycles. The molecule has 1 rings (SSSR count). The number of nitrogens with one attached hydrogen (secondary N) is 1. The Morgan fingerprint density at radius 2 is 1.60 bits per heavy atom. The molecule has 0 aliphatic heterocycles. The molecule has 0 amide bonds. The van der Waals surface area contributed by atoms with E-state index in [0.29, 0.717) is 0 Å². The van der Waals surface area contributed by atoms with E-state index in [2.05, 4.69) is 6.58 Å². The van der Waals surface area contributed by atoms with E-state index in [4.69, 9.17) is 5.41 Å². The zero-order valence-electron chi connectivity index (χ0n) is 5.67. The lowest BCUT2D eigenvalue weighted by Gasteiger charge is -1.91. The molecule has 1 aromatic rings. The number of hydrogen-bond acceptors (Lipinski definition) is 1. The molecule has 0 radical (unpaired) electrons. The lowest BCUT2D eigenvalue weighted by molar-refractivity contribution is 1.53. The molecule has 0 bridgehead atoms. The largest absolute Gasteiger partial charge is 0.308 e. The normalized spacial score (nSPS) is 8.80. The first-order valence-corrected chi connectivity index (χ1v) is 3.10. The zero-order chi connectivity index (χ0) is 7.40. The molecule has 0 aliphatic rings. The summed E-state index contributed by atoms with van der Waals surface area (Å²) in [6.07, 6.45) is 3.11. The molecule has 0 aromatic heterocycles. The molecule has 1 N–H and O–H groups in total. The van der Waals surface area contributed by atoms with Crippen molar-refractivity contribution in [3.63, 3.8) is 0 Å². The maximum atomic E-state index is 6.92. The first-order chi connectivity index (χ1) is 4.86. The second kappa shape index (κ2) is 2.97. The standard InChI is InChI=1S/C9H9N/c1-2-8-3-5-9(7-10)6-4-8/h2-7,10H,1H2. The Bertz CT molecular complexity index is 206. The Morgan fingerprint density at radius 3 is 2.00 bits per heavy atom. The van der Waals surface area contributed by atoms with Gasteiger partial charge in [-0.15, -0.1) is 0 Å². The van der Waals surface area contributed by atoms with Crippen molar-refractivity contribution in [1.82, 2.24) is 0 Å². The highest BCUT2D eigenvalue weighted by molar-refractivity contribution is 5.77. The molecule has 0 unspecified atom stereocenters. The molecular weight excluding hydrogens is 122 g/mol. The van der Waals surface area contributed by atoms with Crippen LogP contribution in [0.25, 0.3) is 6.08 Å². The molecule has 10 heavy (non-hydrogen) atoms. The van der Waals surface area contributed by atoms with E-state index in [1.807, 2.05) is 24.3 Å². The summed E-state index contributed by atoms with van der Waals surface area (Å²) in [4.78, 5) is 0. The van der Waals surface area contributed by atoms with Gasteiger partial charge in [0.05, 0.1) is 0 Å². The van der Waals surface area contributed by atoms with Crippen molar-refractivity contribution in [1.29, 1.82) is 5.41 Å². The zero-order valence-corrected chi connectivity index (χ0v) is 5.67. The Morgan fingerprint density at radius 1 is 1.10 bits per heavy atom. The second-order valence-electron chi connectivity index (χ2n) is 2.02. The van der Waals surface area contributed by atoms with Crippen molar-refractivity contribution in [2.75, 3.05) is 0 Å². The third-order valence-corrected chi connectivity index (χ3v) is 1.34. The van der Waals surface area contributed by atoms with Crippen LogP contribution in [0.5, 0.6) is 0 Å². The lowest BCUT2D eigenvalue weighted by Crippen LogP contribution is -1.77. The van der Waals surface area contributed by atoms with Gasteiger partial charge < -0.3 is 5.41 Å². The van der Waals surface area contributed by atoms with E-state index in [1.54, 1.807) is 6.08 Å². The minimum Gasteiger partial charge on any atom is -0.308 e. The van der Waals surface area contributed by atoms with Gasteiger partial charge in [-0.05, 0) is 11.1 Å². The third-order valence-electron chi connectivity index (χ3n) is 1.34. The average Bonchev–Trinajstić information content (AvgIpc) is 2.05. The number of rotatable bonds is 2. The molecule has 0 saturated carbocycles. The fourth-order valence-electron chi connectivity index (χ4n) is 0.728. The Kier molecular flexibility index (Phi) is 2.00. The third kappa shape index (κ3) is 1.32. The van der Waals surface area contributed by atoms with Crippen molar-refractivity contribution < 1.29 is 0 Å². The minimum atomic E-state index is 0.922. The van der Waals surface area contributed by atoms with E-state index >= 15 is 0 Å². The SMILES string of the molecule is C=Cc1ccc(C=N)cc1. The highest BCUT2D eigenvalue weighted by Crippen LogP contribution is 2.02. The van der Waals surface area contributed by atoms with Gasteiger partial charge in [0.25, 0.3) is 0 Å². The van der Waals surface area contributed by atoms with Gasteiger partial charge >= 0.3 is 0 Å². The first kappa shape index (κ1) is 6.75. The molecule has 0 aliphatic carbocycles. The van der Waals surface area contributed by atoms with Crippen LogP contribution in [0, 0.1) is 5.41 Å². The highest BCUT2D eigenvalue weighted by atomic mass is 14.3. The molecule has 1 heteroatoms. The topological polar surface area (TPSA) is 23.9 Å².